The summed E-state index contributed by atoms with van der Waals surface area (Å²) in [6, 6.07) is 26.5. The fourth-order valence-electron chi connectivity index (χ4n) is 5.36. The van der Waals surface area contributed by atoms with Crippen molar-refractivity contribution in [2.45, 2.75) is 24.9 Å². The molecule has 0 amide bonds. The minimum atomic E-state index is -0.173. The van der Waals surface area contributed by atoms with E-state index in [4.69, 9.17) is 4.74 Å². The summed E-state index contributed by atoms with van der Waals surface area (Å²) in [6.45, 7) is 6.60. The summed E-state index contributed by atoms with van der Waals surface area (Å²) in [5.74, 6) is -0.173. The van der Waals surface area contributed by atoms with E-state index in [0.29, 0.717) is 6.61 Å². The first-order valence-electron chi connectivity index (χ1n) is 11.7. The number of ether oxygens (including phenoxy) is 1. The van der Waals surface area contributed by atoms with Gasteiger partial charge < -0.3 is 9.64 Å². The molecule has 2 aliphatic rings. The lowest BCUT2D eigenvalue weighted by Crippen LogP contribution is -2.47. The van der Waals surface area contributed by atoms with Gasteiger partial charge in [0.2, 0.25) is 0 Å². The van der Waals surface area contributed by atoms with Crippen molar-refractivity contribution in [2.75, 3.05) is 44.2 Å². The highest BCUT2D eigenvalue weighted by molar-refractivity contribution is 5.47. The molecule has 3 nitrogen and oxygen atoms in total. The first-order valence-corrected chi connectivity index (χ1v) is 11.7. The number of hydrogen-bond acceptors (Lipinski definition) is 3. The number of benzene rings is 3. The fraction of sp³-hybridized carbons (Fsp3) is 0.357. The molecule has 1 atom stereocenters. The molecule has 0 saturated carbocycles. The van der Waals surface area contributed by atoms with Crippen molar-refractivity contribution in [1.82, 2.24) is 4.90 Å². The summed E-state index contributed by atoms with van der Waals surface area (Å²) >= 11 is 0. The predicted molar refractivity (Wildman–Crippen MR) is 128 cm³/mol. The molecule has 32 heavy (non-hydrogen) atoms. The standard InChI is InChI=1S/C28H31FN2O/c29-25-11-13-26(14-12-25)31-19-17-30(18-20-31)16-6-15-28(24-8-2-1-3-9-24)22-32-21-23-7-4-5-10-27(23)28/h1-5,7-14H,6,15-22H2. The average molecular weight is 431 g/mol. The van der Waals surface area contributed by atoms with Crippen molar-refractivity contribution in [1.29, 1.82) is 0 Å². The Morgan fingerprint density at radius 1 is 0.812 bits per heavy atom. The molecule has 2 aliphatic heterocycles. The topological polar surface area (TPSA) is 15.7 Å². The Morgan fingerprint density at radius 3 is 2.31 bits per heavy atom. The monoisotopic (exact) mass is 430 g/mol. The Bertz CT molecular complexity index is 1020. The number of rotatable bonds is 6. The molecule has 0 radical (unpaired) electrons. The van der Waals surface area contributed by atoms with Gasteiger partial charge in [-0.1, -0.05) is 54.6 Å². The van der Waals surface area contributed by atoms with Crippen molar-refractivity contribution >= 4 is 5.69 Å². The lowest BCUT2D eigenvalue weighted by molar-refractivity contribution is 0.0599. The van der Waals surface area contributed by atoms with Crippen LogP contribution < -0.4 is 4.90 Å². The molecule has 0 aliphatic carbocycles. The van der Waals surface area contributed by atoms with Gasteiger partial charge in [-0.3, -0.25) is 4.90 Å². The van der Waals surface area contributed by atoms with Gasteiger partial charge >= 0.3 is 0 Å². The summed E-state index contributed by atoms with van der Waals surface area (Å²) in [4.78, 5) is 4.92. The zero-order valence-corrected chi connectivity index (χ0v) is 18.6. The van der Waals surface area contributed by atoms with E-state index in [1.165, 1.54) is 16.7 Å². The maximum atomic E-state index is 13.2. The van der Waals surface area contributed by atoms with E-state index in [9.17, 15) is 4.39 Å². The van der Waals surface area contributed by atoms with Crippen LogP contribution in [0.3, 0.4) is 0 Å². The van der Waals surface area contributed by atoms with Crippen LogP contribution in [0.1, 0.15) is 29.5 Å². The van der Waals surface area contributed by atoms with Crippen LogP contribution in [0.2, 0.25) is 0 Å². The van der Waals surface area contributed by atoms with E-state index in [2.05, 4.69) is 64.4 Å². The van der Waals surface area contributed by atoms with E-state index < -0.39 is 0 Å². The normalized spacial score (nSPS) is 21.3. The number of fused-ring (bicyclic) bond motifs is 1. The molecule has 5 rings (SSSR count). The Morgan fingerprint density at radius 2 is 1.53 bits per heavy atom. The number of hydrogen-bond donors (Lipinski definition) is 0. The maximum absolute atomic E-state index is 13.2. The third-order valence-electron chi connectivity index (χ3n) is 7.11. The van der Waals surface area contributed by atoms with E-state index in [-0.39, 0.29) is 11.2 Å². The second kappa shape index (κ2) is 9.43. The third kappa shape index (κ3) is 4.30. The molecule has 1 unspecified atom stereocenters. The number of piperazine rings is 1. The Kier molecular flexibility index (Phi) is 6.24. The molecule has 3 aromatic carbocycles. The van der Waals surface area contributed by atoms with Crippen LogP contribution in [0.15, 0.2) is 78.9 Å². The van der Waals surface area contributed by atoms with E-state index >= 15 is 0 Å². The van der Waals surface area contributed by atoms with Crippen LogP contribution in [0.4, 0.5) is 10.1 Å². The van der Waals surface area contributed by atoms with Crippen molar-refractivity contribution in [2.24, 2.45) is 0 Å². The Labute approximate surface area is 190 Å². The second-order valence-corrected chi connectivity index (χ2v) is 9.01. The van der Waals surface area contributed by atoms with Gasteiger partial charge in [-0.15, -0.1) is 0 Å². The zero-order valence-electron chi connectivity index (χ0n) is 18.6. The lowest BCUT2D eigenvalue weighted by atomic mass is 9.69. The first kappa shape index (κ1) is 21.2. The highest BCUT2D eigenvalue weighted by Crippen LogP contribution is 2.42. The maximum Gasteiger partial charge on any atom is 0.123 e. The summed E-state index contributed by atoms with van der Waals surface area (Å²) in [6.07, 6.45) is 2.20. The van der Waals surface area contributed by atoms with E-state index in [1.54, 1.807) is 12.1 Å². The van der Waals surface area contributed by atoms with Crippen LogP contribution in [0.25, 0.3) is 0 Å². The SMILES string of the molecule is Fc1ccc(N2CCN(CCCC3(c4ccccc4)COCc4ccccc43)CC2)cc1. The molecule has 1 saturated heterocycles. The molecule has 0 N–H and O–H groups in total. The summed E-state index contributed by atoms with van der Waals surface area (Å²) < 4.78 is 19.4. The summed E-state index contributed by atoms with van der Waals surface area (Å²) in [7, 11) is 0. The number of halogens is 1. The molecular weight excluding hydrogens is 399 g/mol. The Balaban J connectivity index is 1.25. The highest BCUT2D eigenvalue weighted by atomic mass is 19.1. The smallest absolute Gasteiger partial charge is 0.123 e. The molecular formula is C28H31FN2O. The van der Waals surface area contributed by atoms with E-state index in [1.807, 2.05) is 12.1 Å². The van der Waals surface area contributed by atoms with Crippen LogP contribution in [0, 0.1) is 5.82 Å². The van der Waals surface area contributed by atoms with Gasteiger partial charge in [-0.25, -0.2) is 4.39 Å². The quantitative estimate of drug-likeness (QED) is 0.532. The van der Waals surface area contributed by atoms with Crippen LogP contribution in [-0.4, -0.2) is 44.2 Å². The van der Waals surface area contributed by atoms with Crippen LogP contribution >= 0.6 is 0 Å². The largest absolute Gasteiger partial charge is 0.375 e. The van der Waals surface area contributed by atoms with Crippen LogP contribution in [-0.2, 0) is 16.8 Å². The van der Waals surface area contributed by atoms with Crippen molar-refractivity contribution in [3.05, 3.63) is 101 Å². The molecule has 2 heterocycles. The average Bonchev–Trinajstić information content (AvgIpc) is 2.86. The van der Waals surface area contributed by atoms with Gasteiger partial charge in [-0.05, 0) is 60.3 Å². The molecule has 4 heteroatoms. The van der Waals surface area contributed by atoms with Gasteiger partial charge in [0, 0.05) is 37.3 Å². The first-order chi connectivity index (χ1) is 15.7. The molecule has 166 valence electrons. The van der Waals surface area contributed by atoms with Crippen molar-refractivity contribution < 1.29 is 9.13 Å². The van der Waals surface area contributed by atoms with Crippen molar-refractivity contribution in [3.8, 4) is 0 Å². The summed E-state index contributed by atoms with van der Waals surface area (Å²) in [5.41, 5.74) is 5.14. The third-order valence-corrected chi connectivity index (χ3v) is 7.11. The summed E-state index contributed by atoms with van der Waals surface area (Å²) in [5, 5.41) is 0. The molecule has 0 spiro atoms. The highest BCUT2D eigenvalue weighted by Gasteiger charge is 2.38. The second-order valence-electron chi connectivity index (χ2n) is 9.01. The number of nitrogens with zero attached hydrogens (tertiary/aromatic N) is 2. The molecule has 0 aromatic heterocycles. The zero-order chi connectivity index (χ0) is 21.8. The van der Waals surface area contributed by atoms with Gasteiger partial charge in [0.15, 0.2) is 0 Å². The molecule has 3 aromatic rings. The fourth-order valence-corrected chi connectivity index (χ4v) is 5.36. The van der Waals surface area contributed by atoms with Gasteiger partial charge in [0.25, 0.3) is 0 Å². The van der Waals surface area contributed by atoms with Gasteiger partial charge in [0.05, 0.1) is 13.2 Å². The van der Waals surface area contributed by atoms with Gasteiger partial charge in [-0.2, -0.15) is 0 Å². The molecule has 0 bridgehead atoms. The Hall–Kier alpha value is -2.69. The minimum absolute atomic E-state index is 0.0773. The minimum Gasteiger partial charge on any atom is -0.375 e. The lowest BCUT2D eigenvalue weighted by Gasteiger charge is -2.41. The number of anilines is 1. The predicted octanol–water partition coefficient (Wildman–Crippen LogP) is 5.24. The van der Waals surface area contributed by atoms with Crippen molar-refractivity contribution in [3.63, 3.8) is 0 Å². The molecule has 1 fully saturated rings. The van der Waals surface area contributed by atoms with E-state index in [0.717, 1.165) is 57.9 Å². The van der Waals surface area contributed by atoms with Gasteiger partial charge in [0.1, 0.15) is 5.82 Å². The van der Waals surface area contributed by atoms with Crippen LogP contribution in [0.5, 0.6) is 0 Å².